The average Bonchev–Trinajstić information content (AvgIpc) is 3.36. The van der Waals surface area contributed by atoms with Gasteiger partial charge in [-0.15, -0.1) is 0 Å². The van der Waals surface area contributed by atoms with Crippen molar-refractivity contribution >= 4 is 23.2 Å². The summed E-state index contributed by atoms with van der Waals surface area (Å²) in [4.78, 5) is 15.9. The van der Waals surface area contributed by atoms with Crippen molar-refractivity contribution in [2.75, 3.05) is 26.7 Å². The molecule has 2 aliphatic heterocycles. The number of hydrazone groups is 1. The van der Waals surface area contributed by atoms with Crippen molar-refractivity contribution in [1.82, 2.24) is 9.91 Å². The van der Waals surface area contributed by atoms with Gasteiger partial charge in [-0.1, -0.05) is 78.3 Å². The Morgan fingerprint density at radius 3 is 2.42 bits per heavy atom. The van der Waals surface area contributed by atoms with Gasteiger partial charge in [0.15, 0.2) is 0 Å². The normalized spacial score (nSPS) is 18.8. The van der Waals surface area contributed by atoms with Crippen LogP contribution in [0, 0.1) is 5.92 Å². The number of nitrogens with zero attached hydrogens (tertiary/aromatic N) is 3. The number of benzene rings is 3. The number of para-hydroxylation sites is 1. The maximum Gasteiger partial charge on any atom is 0.257 e. The summed E-state index contributed by atoms with van der Waals surface area (Å²) < 4.78 is 5.64. The lowest BCUT2D eigenvalue weighted by Gasteiger charge is -2.33. The Kier molecular flexibility index (Phi) is 7.69. The molecule has 0 spiro atoms. The number of hydrogen-bond acceptors (Lipinski definition) is 4. The van der Waals surface area contributed by atoms with E-state index in [4.69, 9.17) is 21.4 Å². The van der Waals surface area contributed by atoms with Gasteiger partial charge >= 0.3 is 0 Å². The minimum atomic E-state index is -0.226. The first-order chi connectivity index (χ1) is 17.6. The molecular formula is C30H32ClN3O2. The average molecular weight is 502 g/mol. The van der Waals surface area contributed by atoms with Crippen LogP contribution >= 0.6 is 11.6 Å². The Morgan fingerprint density at radius 1 is 0.972 bits per heavy atom. The molecule has 1 amide bonds. The highest BCUT2D eigenvalue weighted by Gasteiger charge is 2.36. The van der Waals surface area contributed by atoms with Crippen LogP contribution in [-0.4, -0.2) is 48.3 Å². The molecule has 5 rings (SSSR count). The van der Waals surface area contributed by atoms with Gasteiger partial charge in [-0.2, -0.15) is 5.10 Å². The fourth-order valence-corrected chi connectivity index (χ4v) is 5.59. The summed E-state index contributed by atoms with van der Waals surface area (Å²) in [5.41, 5.74) is 4.05. The second kappa shape index (κ2) is 11.3. The molecule has 0 N–H and O–H groups in total. The highest BCUT2D eigenvalue weighted by atomic mass is 35.5. The van der Waals surface area contributed by atoms with Crippen LogP contribution in [0.15, 0.2) is 84.0 Å². The summed E-state index contributed by atoms with van der Waals surface area (Å²) in [7, 11) is 1.66. The third-order valence-electron chi connectivity index (χ3n) is 7.28. The van der Waals surface area contributed by atoms with Gasteiger partial charge in [0.1, 0.15) is 5.75 Å². The zero-order valence-corrected chi connectivity index (χ0v) is 21.4. The van der Waals surface area contributed by atoms with Gasteiger partial charge in [0.25, 0.3) is 5.91 Å². The maximum absolute atomic E-state index is 13.6. The molecule has 0 aliphatic carbocycles. The van der Waals surface area contributed by atoms with Gasteiger partial charge in [-0.25, -0.2) is 5.01 Å². The van der Waals surface area contributed by atoms with Crippen LogP contribution in [0.4, 0.5) is 0 Å². The maximum atomic E-state index is 13.6. The number of likely N-dealkylation sites (tertiary alicyclic amines) is 1. The number of rotatable bonds is 7. The van der Waals surface area contributed by atoms with E-state index in [1.165, 1.54) is 5.56 Å². The number of halogens is 1. The van der Waals surface area contributed by atoms with Crippen molar-refractivity contribution in [1.29, 1.82) is 0 Å². The lowest BCUT2D eigenvalue weighted by atomic mass is 9.90. The first-order valence-electron chi connectivity index (χ1n) is 12.7. The number of hydrogen-bond donors (Lipinski definition) is 0. The van der Waals surface area contributed by atoms with Crippen LogP contribution in [0.2, 0.25) is 5.02 Å². The second-order valence-electron chi connectivity index (χ2n) is 9.64. The molecule has 0 unspecified atom stereocenters. The fraction of sp³-hybridized carbons (Fsp3) is 0.333. The topological polar surface area (TPSA) is 45.1 Å². The van der Waals surface area contributed by atoms with E-state index in [1.54, 1.807) is 12.1 Å². The van der Waals surface area contributed by atoms with Crippen molar-refractivity contribution in [3.63, 3.8) is 0 Å². The zero-order valence-electron chi connectivity index (χ0n) is 20.6. The number of carbonyl (C=O) groups is 1. The SMILES string of the molecule is COc1ccccc1[C@@H]1CC(c2ccccc2Cl)=NN1C(=O)CN1CCC(Cc2ccccc2)CC1. The summed E-state index contributed by atoms with van der Waals surface area (Å²) in [6.45, 7) is 2.22. The Bertz CT molecular complexity index is 1220. The molecule has 0 radical (unpaired) electrons. The van der Waals surface area contributed by atoms with Gasteiger partial charge in [-0.3, -0.25) is 9.69 Å². The van der Waals surface area contributed by atoms with Crippen LogP contribution in [0.3, 0.4) is 0 Å². The quantitative estimate of drug-likeness (QED) is 0.400. The van der Waals surface area contributed by atoms with E-state index in [0.717, 1.165) is 54.9 Å². The van der Waals surface area contributed by atoms with Crippen molar-refractivity contribution in [2.24, 2.45) is 11.0 Å². The smallest absolute Gasteiger partial charge is 0.257 e. The number of carbonyl (C=O) groups excluding carboxylic acids is 1. The van der Waals surface area contributed by atoms with E-state index in [9.17, 15) is 4.79 Å². The van der Waals surface area contributed by atoms with Crippen molar-refractivity contribution in [3.05, 3.63) is 101 Å². The third-order valence-corrected chi connectivity index (χ3v) is 7.61. The molecule has 1 fully saturated rings. The summed E-state index contributed by atoms with van der Waals surface area (Å²) in [5.74, 6) is 1.43. The van der Waals surface area contributed by atoms with E-state index < -0.39 is 0 Å². The van der Waals surface area contributed by atoms with Crippen molar-refractivity contribution in [2.45, 2.75) is 31.7 Å². The van der Waals surface area contributed by atoms with Crippen LogP contribution in [-0.2, 0) is 11.2 Å². The highest BCUT2D eigenvalue weighted by Crippen LogP contribution is 2.38. The molecule has 1 saturated heterocycles. The molecule has 5 nitrogen and oxygen atoms in total. The van der Waals surface area contributed by atoms with Crippen LogP contribution < -0.4 is 4.74 Å². The standard InChI is InChI=1S/C30H32ClN3O2/c1-36-29-14-8-6-12-25(29)28-20-27(24-11-5-7-13-26(24)31)32-34(28)30(35)21-33-17-15-23(16-18-33)19-22-9-3-2-4-10-22/h2-14,23,28H,15-21H2,1H3/t28-/m0/s1. The third kappa shape index (κ3) is 5.48. The van der Waals surface area contributed by atoms with Crippen LogP contribution in [0.1, 0.15) is 42.0 Å². The summed E-state index contributed by atoms with van der Waals surface area (Å²) in [5, 5.41) is 7.12. The Balaban J connectivity index is 1.30. The van der Waals surface area contributed by atoms with Gasteiger partial charge in [0.2, 0.25) is 0 Å². The molecule has 3 aromatic rings. The number of ether oxygens (including phenoxy) is 1. The predicted molar refractivity (Wildman–Crippen MR) is 144 cm³/mol. The van der Waals surface area contributed by atoms with E-state index in [2.05, 4.69) is 35.2 Å². The highest BCUT2D eigenvalue weighted by molar-refractivity contribution is 6.34. The molecule has 2 heterocycles. The molecule has 0 bridgehead atoms. The molecule has 6 heteroatoms. The second-order valence-corrected chi connectivity index (χ2v) is 10.0. The van der Waals surface area contributed by atoms with Gasteiger partial charge < -0.3 is 4.74 Å². The minimum Gasteiger partial charge on any atom is -0.496 e. The molecule has 0 aromatic heterocycles. The van der Waals surface area contributed by atoms with E-state index in [-0.39, 0.29) is 11.9 Å². The minimum absolute atomic E-state index is 0.00877. The zero-order chi connectivity index (χ0) is 24.9. The van der Waals surface area contributed by atoms with Crippen LogP contribution in [0.25, 0.3) is 0 Å². The van der Waals surface area contributed by atoms with E-state index in [1.807, 2.05) is 48.5 Å². The Labute approximate surface area is 218 Å². The number of methoxy groups -OCH3 is 1. The van der Waals surface area contributed by atoms with Crippen molar-refractivity contribution < 1.29 is 9.53 Å². The Morgan fingerprint density at radius 2 is 1.67 bits per heavy atom. The first-order valence-corrected chi connectivity index (χ1v) is 13.0. The van der Waals surface area contributed by atoms with Gasteiger partial charge in [-0.05, 0) is 56.0 Å². The monoisotopic (exact) mass is 501 g/mol. The summed E-state index contributed by atoms with van der Waals surface area (Å²) in [6, 6.07) is 26.0. The molecule has 36 heavy (non-hydrogen) atoms. The lowest BCUT2D eigenvalue weighted by molar-refractivity contribution is -0.134. The summed E-state index contributed by atoms with van der Waals surface area (Å²) in [6.07, 6.45) is 3.91. The molecule has 2 aliphatic rings. The fourth-order valence-electron chi connectivity index (χ4n) is 5.34. The number of amides is 1. The summed E-state index contributed by atoms with van der Waals surface area (Å²) >= 11 is 6.49. The van der Waals surface area contributed by atoms with E-state index in [0.29, 0.717) is 23.9 Å². The van der Waals surface area contributed by atoms with Crippen LogP contribution in [0.5, 0.6) is 5.75 Å². The molecule has 3 aromatic carbocycles. The molecule has 186 valence electrons. The van der Waals surface area contributed by atoms with E-state index >= 15 is 0 Å². The first kappa shape index (κ1) is 24.5. The Hall–Kier alpha value is -3.15. The van der Waals surface area contributed by atoms with Gasteiger partial charge in [0, 0.05) is 22.6 Å². The largest absolute Gasteiger partial charge is 0.496 e. The van der Waals surface area contributed by atoms with Gasteiger partial charge in [0.05, 0.1) is 25.4 Å². The molecule has 0 saturated carbocycles. The molecule has 1 atom stereocenters. The molecular weight excluding hydrogens is 470 g/mol. The lowest BCUT2D eigenvalue weighted by Crippen LogP contribution is -2.42. The van der Waals surface area contributed by atoms with Crippen molar-refractivity contribution in [3.8, 4) is 5.75 Å². The predicted octanol–water partition coefficient (Wildman–Crippen LogP) is 5.98. The number of piperidine rings is 1.